The van der Waals surface area contributed by atoms with E-state index in [0.717, 1.165) is 6.54 Å². The predicted octanol–water partition coefficient (Wildman–Crippen LogP) is 0.177. The summed E-state index contributed by atoms with van der Waals surface area (Å²) in [7, 11) is 5.29. The average molecular weight is 440 g/mol. The molecule has 2 aromatic rings. The molecule has 8 nitrogen and oxygen atoms in total. The standard InChI is InChI=1S/C24H29N3O5/c1-14-17(15(2)25-19(14)24(31)32-5)21(28)18-20(16-10-7-6-8-11-16)27(23(30)22(18)29)13-9-12-26(3)4/h6-8,10-11,20,25,28H,9,12-13H2,1-5H3/b21-18+. The van der Waals surface area contributed by atoms with Crippen LogP contribution in [0.1, 0.15) is 45.3 Å². The van der Waals surface area contributed by atoms with Crippen LogP contribution in [0.4, 0.5) is 0 Å². The zero-order chi connectivity index (χ0) is 23.6. The minimum Gasteiger partial charge on any atom is -0.872 e. The van der Waals surface area contributed by atoms with Gasteiger partial charge in [-0.3, -0.25) is 9.59 Å². The van der Waals surface area contributed by atoms with Crippen molar-refractivity contribution >= 4 is 23.4 Å². The van der Waals surface area contributed by atoms with Gasteiger partial charge in [-0.15, -0.1) is 0 Å². The molecule has 2 heterocycles. The second-order valence-corrected chi connectivity index (χ2v) is 8.31. The van der Waals surface area contributed by atoms with E-state index in [1.165, 1.54) is 16.9 Å². The quantitative estimate of drug-likeness (QED) is 0.277. The zero-order valence-electron chi connectivity index (χ0n) is 19.1. The van der Waals surface area contributed by atoms with Crippen LogP contribution in [-0.4, -0.2) is 61.8 Å². The molecule has 32 heavy (non-hydrogen) atoms. The average Bonchev–Trinajstić information content (AvgIpc) is 3.20. The Morgan fingerprint density at radius 1 is 1.19 bits per heavy atom. The van der Waals surface area contributed by atoms with Crippen molar-refractivity contribution in [3.05, 3.63) is 64.0 Å². The maximum atomic E-state index is 13.7. The number of benzene rings is 1. The summed E-state index contributed by atoms with van der Waals surface area (Å²) in [6.45, 7) is 4.47. The van der Waals surface area contributed by atoms with E-state index in [1.54, 1.807) is 13.8 Å². The monoisotopic (exact) mass is 439 g/mol. The molecule has 1 unspecified atom stereocenters. The number of likely N-dealkylation sites (tertiary alicyclic amines) is 1. The number of aryl methyl sites for hydroxylation is 1. The first-order valence-electron chi connectivity index (χ1n) is 10.6. The number of ether oxygens (including phenoxy) is 1. The number of hydrogen-bond donors (Lipinski definition) is 2. The number of aromatic nitrogens is 1. The highest BCUT2D eigenvalue weighted by molar-refractivity contribution is 6.46. The number of nitrogens with zero attached hydrogens (tertiary/aromatic N) is 1. The molecular weight excluding hydrogens is 410 g/mol. The summed E-state index contributed by atoms with van der Waals surface area (Å²) in [6, 6.07) is 8.32. The van der Waals surface area contributed by atoms with Gasteiger partial charge in [0.2, 0.25) is 5.78 Å². The van der Waals surface area contributed by atoms with Crippen molar-refractivity contribution in [1.29, 1.82) is 0 Å². The largest absolute Gasteiger partial charge is 0.872 e. The number of carbonyl (C=O) groups excluding carboxylic acids is 3. The molecule has 1 fully saturated rings. The highest BCUT2D eigenvalue weighted by Crippen LogP contribution is 2.39. The van der Waals surface area contributed by atoms with E-state index in [-0.39, 0.29) is 16.8 Å². The molecule has 0 aliphatic carbocycles. The highest BCUT2D eigenvalue weighted by Gasteiger charge is 2.44. The van der Waals surface area contributed by atoms with E-state index in [2.05, 4.69) is 4.98 Å². The van der Waals surface area contributed by atoms with Gasteiger partial charge in [-0.05, 0) is 30.5 Å². The Labute approximate surface area is 187 Å². The maximum Gasteiger partial charge on any atom is 0.354 e. The highest BCUT2D eigenvalue weighted by atomic mass is 16.5. The molecule has 0 radical (unpaired) electrons. The normalized spacial score (nSPS) is 17.9. The summed E-state index contributed by atoms with van der Waals surface area (Å²) in [6.07, 6.45) is 0.695. The molecule has 8 heteroatoms. The molecule has 1 saturated heterocycles. The van der Waals surface area contributed by atoms with Gasteiger partial charge in [0.15, 0.2) is 0 Å². The van der Waals surface area contributed by atoms with Crippen LogP contribution in [-0.2, 0) is 14.3 Å². The minimum absolute atomic E-state index is 0.0833. The van der Waals surface area contributed by atoms with Crippen molar-refractivity contribution in [2.45, 2.75) is 26.3 Å². The number of ketones is 1. The third-order valence-electron chi connectivity index (χ3n) is 5.77. The molecule has 1 aliphatic rings. The van der Waals surface area contributed by atoms with Gasteiger partial charge in [-0.1, -0.05) is 36.1 Å². The molecule has 2 N–H and O–H groups in total. The van der Waals surface area contributed by atoms with Gasteiger partial charge in [0.25, 0.3) is 5.91 Å². The van der Waals surface area contributed by atoms with Crippen molar-refractivity contribution in [3.8, 4) is 0 Å². The Bertz CT molecular complexity index is 1070. The van der Waals surface area contributed by atoms with Crippen LogP contribution < -0.4 is 10.0 Å². The number of amides is 1. The van der Waals surface area contributed by atoms with Crippen LogP contribution in [0.15, 0.2) is 35.9 Å². The predicted molar refractivity (Wildman–Crippen MR) is 117 cm³/mol. The molecule has 1 atom stereocenters. The van der Waals surface area contributed by atoms with Gasteiger partial charge in [0.05, 0.1) is 33.8 Å². The van der Waals surface area contributed by atoms with E-state index in [9.17, 15) is 19.5 Å². The number of H-pyrrole nitrogens is 1. The smallest absolute Gasteiger partial charge is 0.354 e. The first-order valence-corrected chi connectivity index (χ1v) is 10.6. The first-order chi connectivity index (χ1) is 15.2. The summed E-state index contributed by atoms with van der Waals surface area (Å²) in [5.41, 5.74) is 1.84. The molecular formula is C24H29N3O5. The zero-order valence-corrected chi connectivity index (χ0v) is 19.1. The first kappa shape index (κ1) is 23.3. The lowest BCUT2D eigenvalue weighted by atomic mass is 9.94. The van der Waals surface area contributed by atoms with Crippen LogP contribution in [0.2, 0.25) is 0 Å². The summed E-state index contributed by atoms with van der Waals surface area (Å²) in [5.74, 6) is -2.61. The maximum absolute atomic E-state index is 13.7. The number of nitrogens with one attached hydrogen (secondary N) is 2. The molecule has 0 saturated carbocycles. The summed E-state index contributed by atoms with van der Waals surface area (Å²) >= 11 is 0. The van der Waals surface area contributed by atoms with Gasteiger partial charge >= 0.3 is 5.97 Å². The lowest BCUT2D eigenvalue weighted by molar-refractivity contribution is -0.858. The Balaban J connectivity index is 2.15. The molecule has 1 aromatic heterocycles. The molecule has 1 amide bonds. The second-order valence-electron chi connectivity index (χ2n) is 8.31. The number of carbonyl (C=O) groups is 3. The van der Waals surface area contributed by atoms with Crippen molar-refractivity contribution in [3.63, 3.8) is 0 Å². The van der Waals surface area contributed by atoms with Crippen LogP contribution >= 0.6 is 0 Å². The fourth-order valence-corrected chi connectivity index (χ4v) is 4.22. The van der Waals surface area contributed by atoms with Gasteiger partial charge in [0, 0.05) is 24.2 Å². The Hall–Kier alpha value is -3.39. The SMILES string of the molecule is COC(=O)c1[nH]c(C)c(/C([O-])=C2\C(=O)C(=O)N(CCC[NH+](C)C)C2c2ccccc2)c1C. The van der Waals surface area contributed by atoms with Crippen molar-refractivity contribution < 1.29 is 29.1 Å². The van der Waals surface area contributed by atoms with Gasteiger partial charge < -0.3 is 24.6 Å². The lowest BCUT2D eigenvalue weighted by Crippen LogP contribution is -3.05. The number of quaternary nitrogens is 1. The topological polar surface area (TPSA) is 107 Å². The number of esters is 1. The van der Waals surface area contributed by atoms with E-state index in [0.29, 0.717) is 29.8 Å². The Morgan fingerprint density at radius 3 is 2.44 bits per heavy atom. The van der Waals surface area contributed by atoms with E-state index in [4.69, 9.17) is 4.74 Å². The van der Waals surface area contributed by atoms with Crippen LogP contribution in [0.25, 0.3) is 5.76 Å². The van der Waals surface area contributed by atoms with Crippen LogP contribution in [0, 0.1) is 13.8 Å². The fourth-order valence-electron chi connectivity index (χ4n) is 4.22. The number of aromatic amines is 1. The third-order valence-corrected chi connectivity index (χ3v) is 5.77. The Morgan fingerprint density at radius 2 is 1.84 bits per heavy atom. The van der Waals surface area contributed by atoms with Gasteiger partial charge in [-0.25, -0.2) is 4.79 Å². The van der Waals surface area contributed by atoms with E-state index < -0.39 is 29.5 Å². The molecule has 1 aromatic carbocycles. The number of methoxy groups -OCH3 is 1. The molecule has 1 aliphatic heterocycles. The summed E-state index contributed by atoms with van der Waals surface area (Å²) < 4.78 is 4.78. The van der Waals surface area contributed by atoms with Gasteiger partial charge in [0.1, 0.15) is 5.69 Å². The third kappa shape index (κ3) is 4.18. The molecule has 0 bridgehead atoms. The van der Waals surface area contributed by atoms with Crippen LogP contribution in [0.5, 0.6) is 0 Å². The number of hydrogen-bond acceptors (Lipinski definition) is 5. The van der Waals surface area contributed by atoms with E-state index in [1.807, 2.05) is 44.4 Å². The molecule has 170 valence electrons. The van der Waals surface area contributed by atoms with Crippen molar-refractivity contribution in [1.82, 2.24) is 9.88 Å². The minimum atomic E-state index is -0.791. The Kier molecular flexibility index (Phi) is 6.84. The lowest BCUT2D eigenvalue weighted by Gasteiger charge is -2.28. The van der Waals surface area contributed by atoms with Crippen molar-refractivity contribution in [2.75, 3.05) is 34.3 Å². The van der Waals surface area contributed by atoms with Gasteiger partial charge in [-0.2, -0.15) is 0 Å². The van der Waals surface area contributed by atoms with E-state index >= 15 is 0 Å². The molecule has 3 rings (SSSR count). The van der Waals surface area contributed by atoms with Crippen LogP contribution in [0.3, 0.4) is 0 Å². The fraction of sp³-hybridized carbons (Fsp3) is 0.375. The number of Topliss-reactive ketones (excluding diaryl/α,β-unsaturated/α-hetero) is 1. The van der Waals surface area contributed by atoms with Crippen molar-refractivity contribution in [2.24, 2.45) is 0 Å². The second kappa shape index (κ2) is 9.40. The summed E-state index contributed by atoms with van der Waals surface area (Å²) in [5, 5.41) is 13.7. The number of rotatable bonds is 7. The molecule has 0 spiro atoms. The summed E-state index contributed by atoms with van der Waals surface area (Å²) in [4.78, 5) is 43.7.